The second kappa shape index (κ2) is 8.59. The summed E-state index contributed by atoms with van der Waals surface area (Å²) in [6, 6.07) is -0.453. The van der Waals surface area contributed by atoms with E-state index in [1.807, 2.05) is 13.8 Å². The number of fused-ring (bicyclic) bond motifs is 3. The maximum Gasteiger partial charge on any atom is 0.311 e. The molecule has 0 aromatic rings. The fraction of sp³-hybridized carbons (Fsp3) is 0.833. The Morgan fingerprint density at radius 2 is 1.69 bits per heavy atom. The molecule has 5 rings (SSSR count). The van der Waals surface area contributed by atoms with E-state index in [1.165, 1.54) is 18.9 Å². The standard InChI is InChI=1S/C24H31F2NO7S/c1-9(2)27-18-10-7-11(15(21(29)32-4)14(10)20(27)28)19(18)34-23(31)17-13-6-5-12(35-13)16(17)22(30)33-8-24(3,25)26/h9-19H,5-8H2,1-4H3. The molecule has 3 heterocycles. The fourth-order valence-corrected chi connectivity index (χ4v) is 9.24. The SMILES string of the molecule is COC(=O)C1C2CC3C1C(=O)N(C(C)C)C3C2OC(=O)C1C2CCC(S2)C1C(=O)OCC(C)(F)F. The van der Waals surface area contributed by atoms with E-state index in [0.29, 0.717) is 19.8 Å². The number of carbonyl (C=O) groups is 4. The van der Waals surface area contributed by atoms with Crippen molar-refractivity contribution in [2.75, 3.05) is 13.7 Å². The van der Waals surface area contributed by atoms with Gasteiger partial charge < -0.3 is 19.1 Å². The second-order valence-corrected chi connectivity index (χ2v) is 12.4. The minimum atomic E-state index is -3.16. The zero-order valence-electron chi connectivity index (χ0n) is 20.1. The molecule has 2 saturated carbocycles. The molecule has 3 aliphatic heterocycles. The smallest absolute Gasteiger partial charge is 0.311 e. The number of nitrogens with zero attached hydrogens (tertiary/aromatic N) is 1. The van der Waals surface area contributed by atoms with Crippen molar-refractivity contribution in [3.8, 4) is 0 Å². The summed E-state index contributed by atoms with van der Waals surface area (Å²) in [5.41, 5.74) is 0. The number of rotatable bonds is 7. The molecule has 11 heteroatoms. The number of likely N-dealkylation sites (tertiary alicyclic amines) is 1. The first-order chi connectivity index (χ1) is 16.4. The lowest BCUT2D eigenvalue weighted by Crippen LogP contribution is -2.50. The third-order valence-electron chi connectivity index (χ3n) is 8.48. The largest absolute Gasteiger partial charge is 0.469 e. The molecule has 5 aliphatic rings. The molecule has 0 radical (unpaired) electrons. The second-order valence-electron chi connectivity index (χ2n) is 10.9. The topological polar surface area (TPSA) is 99.2 Å². The van der Waals surface area contributed by atoms with Crippen molar-refractivity contribution in [3.63, 3.8) is 0 Å². The van der Waals surface area contributed by atoms with Crippen LogP contribution in [0.5, 0.6) is 0 Å². The van der Waals surface area contributed by atoms with Crippen LogP contribution in [0.25, 0.3) is 0 Å². The highest BCUT2D eigenvalue weighted by atomic mass is 32.2. The molecule has 10 unspecified atom stereocenters. The Kier molecular flexibility index (Phi) is 6.08. The van der Waals surface area contributed by atoms with Gasteiger partial charge in [0.15, 0.2) is 6.61 Å². The van der Waals surface area contributed by atoms with Crippen molar-refractivity contribution >= 4 is 35.6 Å². The summed E-state index contributed by atoms with van der Waals surface area (Å²) in [6.07, 6.45) is 1.35. The van der Waals surface area contributed by atoms with Gasteiger partial charge in [0.1, 0.15) is 6.10 Å². The highest BCUT2D eigenvalue weighted by molar-refractivity contribution is 8.01. The van der Waals surface area contributed by atoms with Crippen molar-refractivity contribution < 1.29 is 42.2 Å². The van der Waals surface area contributed by atoms with Crippen molar-refractivity contribution in [1.29, 1.82) is 0 Å². The number of ether oxygens (including phenoxy) is 3. The Balaban J connectivity index is 1.38. The maximum atomic E-state index is 13.6. The zero-order valence-corrected chi connectivity index (χ0v) is 21.0. The van der Waals surface area contributed by atoms with Gasteiger partial charge in [-0.2, -0.15) is 11.8 Å². The van der Waals surface area contributed by atoms with Crippen LogP contribution in [0.4, 0.5) is 8.78 Å². The van der Waals surface area contributed by atoms with Crippen LogP contribution in [0.2, 0.25) is 0 Å². The van der Waals surface area contributed by atoms with Crippen LogP contribution in [0.3, 0.4) is 0 Å². The van der Waals surface area contributed by atoms with Crippen molar-refractivity contribution in [2.45, 2.75) is 74.6 Å². The Labute approximate surface area is 206 Å². The van der Waals surface area contributed by atoms with Gasteiger partial charge in [-0.25, -0.2) is 8.78 Å². The number of amides is 1. The normalized spacial score (nSPS) is 41.1. The van der Waals surface area contributed by atoms with Gasteiger partial charge >= 0.3 is 17.9 Å². The van der Waals surface area contributed by atoms with Crippen LogP contribution in [-0.4, -0.2) is 77.0 Å². The van der Waals surface area contributed by atoms with Gasteiger partial charge in [-0.05, 0) is 39.0 Å². The van der Waals surface area contributed by atoms with E-state index in [0.717, 1.165) is 6.42 Å². The fourth-order valence-electron chi connectivity index (χ4n) is 7.34. The Morgan fingerprint density at radius 3 is 2.26 bits per heavy atom. The summed E-state index contributed by atoms with van der Waals surface area (Å²) in [7, 11) is 1.29. The van der Waals surface area contributed by atoms with Crippen molar-refractivity contribution in [3.05, 3.63) is 0 Å². The summed E-state index contributed by atoms with van der Waals surface area (Å²) >= 11 is 1.51. The lowest BCUT2D eigenvalue weighted by molar-refractivity contribution is -0.173. The molecule has 1 amide bonds. The van der Waals surface area contributed by atoms with Crippen LogP contribution in [0.15, 0.2) is 0 Å². The highest BCUT2D eigenvalue weighted by Gasteiger charge is 2.71. The molecule has 0 aromatic carbocycles. The number of methoxy groups -OCH3 is 1. The average Bonchev–Trinajstić information content (AvgIpc) is 3.57. The first kappa shape index (κ1) is 24.8. The summed E-state index contributed by atoms with van der Waals surface area (Å²) in [5, 5.41) is -0.329. The molecule has 4 bridgehead atoms. The maximum absolute atomic E-state index is 13.6. The number of alkyl halides is 2. The van der Waals surface area contributed by atoms with Crippen LogP contribution in [-0.2, 0) is 33.4 Å². The predicted molar refractivity (Wildman–Crippen MR) is 119 cm³/mol. The van der Waals surface area contributed by atoms with Crippen LogP contribution >= 0.6 is 11.8 Å². The minimum absolute atomic E-state index is 0.0984. The van der Waals surface area contributed by atoms with E-state index >= 15 is 0 Å². The number of carbonyl (C=O) groups excluding carboxylic acids is 4. The van der Waals surface area contributed by atoms with Gasteiger partial charge in [-0.3, -0.25) is 19.2 Å². The van der Waals surface area contributed by atoms with Gasteiger partial charge in [0.25, 0.3) is 5.92 Å². The van der Waals surface area contributed by atoms with E-state index in [2.05, 4.69) is 0 Å². The summed E-state index contributed by atoms with van der Waals surface area (Å²) in [6.45, 7) is 3.42. The van der Waals surface area contributed by atoms with Crippen molar-refractivity contribution in [2.24, 2.45) is 35.5 Å². The summed E-state index contributed by atoms with van der Waals surface area (Å²) in [5.74, 6) is -8.33. The molecule has 35 heavy (non-hydrogen) atoms. The third-order valence-corrected chi connectivity index (χ3v) is 10.2. The van der Waals surface area contributed by atoms with Gasteiger partial charge in [-0.1, -0.05) is 0 Å². The van der Waals surface area contributed by atoms with E-state index in [9.17, 15) is 28.0 Å². The quantitative estimate of drug-likeness (QED) is 0.376. The van der Waals surface area contributed by atoms with E-state index in [-0.39, 0.29) is 40.3 Å². The number of hydrogen-bond donors (Lipinski definition) is 0. The summed E-state index contributed by atoms with van der Waals surface area (Å²) < 4.78 is 42.5. The van der Waals surface area contributed by atoms with Crippen LogP contribution in [0.1, 0.15) is 40.0 Å². The van der Waals surface area contributed by atoms with Crippen molar-refractivity contribution in [1.82, 2.24) is 4.90 Å². The Morgan fingerprint density at radius 1 is 1.06 bits per heavy atom. The van der Waals surface area contributed by atoms with E-state index in [1.54, 1.807) is 4.90 Å². The number of hydrogen-bond acceptors (Lipinski definition) is 8. The lowest BCUT2D eigenvalue weighted by atomic mass is 9.77. The molecular weight excluding hydrogens is 484 g/mol. The average molecular weight is 516 g/mol. The Hall–Kier alpha value is -1.91. The van der Waals surface area contributed by atoms with Crippen LogP contribution in [0, 0.1) is 35.5 Å². The number of thioether (sulfide) groups is 1. The predicted octanol–water partition coefficient (Wildman–Crippen LogP) is 2.28. The molecule has 194 valence electrons. The van der Waals surface area contributed by atoms with Gasteiger partial charge in [-0.15, -0.1) is 0 Å². The number of halogens is 2. The first-order valence-corrected chi connectivity index (χ1v) is 13.2. The molecule has 0 N–H and O–H groups in total. The molecule has 10 atom stereocenters. The molecule has 8 nitrogen and oxygen atoms in total. The van der Waals surface area contributed by atoms with E-state index < -0.39 is 60.2 Å². The molecule has 5 fully saturated rings. The van der Waals surface area contributed by atoms with Crippen LogP contribution < -0.4 is 0 Å². The molecule has 2 aliphatic carbocycles. The monoisotopic (exact) mass is 515 g/mol. The van der Waals surface area contributed by atoms with Gasteiger partial charge in [0, 0.05) is 29.4 Å². The highest BCUT2D eigenvalue weighted by Crippen LogP contribution is 2.61. The molecule has 3 saturated heterocycles. The Bertz CT molecular complexity index is 939. The molecular formula is C24H31F2NO7S. The van der Waals surface area contributed by atoms with Gasteiger partial charge in [0.2, 0.25) is 5.91 Å². The molecule has 0 spiro atoms. The summed E-state index contributed by atoms with van der Waals surface area (Å²) in [4.78, 5) is 53.9. The minimum Gasteiger partial charge on any atom is -0.469 e. The number of esters is 3. The first-order valence-electron chi connectivity index (χ1n) is 12.2. The van der Waals surface area contributed by atoms with E-state index in [4.69, 9.17) is 14.2 Å². The lowest BCUT2D eigenvalue weighted by Gasteiger charge is -2.37. The zero-order chi connectivity index (χ0) is 25.4. The molecule has 0 aromatic heterocycles. The van der Waals surface area contributed by atoms with Gasteiger partial charge in [0.05, 0.1) is 36.8 Å². The third kappa shape index (κ3) is 3.83.